The van der Waals surface area contributed by atoms with Crippen LogP contribution in [0.3, 0.4) is 0 Å². The molecule has 1 saturated carbocycles. The second-order valence-corrected chi connectivity index (χ2v) is 9.97. The van der Waals surface area contributed by atoms with E-state index < -0.39 is 0 Å². The Bertz CT molecular complexity index is 1050. The first kappa shape index (κ1) is 22.3. The number of methoxy groups -OCH3 is 1. The van der Waals surface area contributed by atoms with Crippen LogP contribution < -0.4 is 15.4 Å². The van der Waals surface area contributed by atoms with Gasteiger partial charge in [-0.1, -0.05) is 6.08 Å². The molecule has 3 heterocycles. The summed E-state index contributed by atoms with van der Waals surface area (Å²) in [6.45, 7) is 6.30. The first-order valence-electron chi connectivity index (χ1n) is 12.1. The van der Waals surface area contributed by atoms with Gasteiger partial charge in [-0.15, -0.1) is 0 Å². The van der Waals surface area contributed by atoms with E-state index in [0.29, 0.717) is 5.41 Å². The maximum absolute atomic E-state index is 5.48. The lowest BCUT2D eigenvalue weighted by molar-refractivity contribution is 0.179. The minimum atomic E-state index is 0.245. The molecule has 0 spiro atoms. The Labute approximate surface area is 196 Å². The molecule has 1 aliphatic carbocycles. The Morgan fingerprint density at radius 3 is 2.70 bits per heavy atom. The third kappa shape index (κ3) is 5.05. The summed E-state index contributed by atoms with van der Waals surface area (Å²) >= 11 is 0. The lowest BCUT2D eigenvalue weighted by atomic mass is 10.0. The Morgan fingerprint density at radius 2 is 2.03 bits per heavy atom. The van der Waals surface area contributed by atoms with Crippen molar-refractivity contribution in [1.82, 2.24) is 20.1 Å². The molecular formula is C26H36N6O. The number of aliphatic imine (C=N–C) groups is 1. The van der Waals surface area contributed by atoms with E-state index >= 15 is 0 Å². The summed E-state index contributed by atoms with van der Waals surface area (Å²) in [7, 11) is 6.03. The predicted octanol–water partition coefficient (Wildman–Crippen LogP) is 3.09. The van der Waals surface area contributed by atoms with Crippen molar-refractivity contribution in [2.45, 2.75) is 25.4 Å². The fourth-order valence-electron chi connectivity index (χ4n) is 5.06. The van der Waals surface area contributed by atoms with E-state index in [2.05, 4.69) is 52.7 Å². The number of fused-ring (bicyclic) bond motifs is 1. The van der Waals surface area contributed by atoms with E-state index in [1.54, 1.807) is 7.11 Å². The second kappa shape index (κ2) is 9.41. The van der Waals surface area contributed by atoms with Crippen LogP contribution in [0.25, 0.3) is 16.5 Å². The number of aromatic nitrogens is 1. The van der Waals surface area contributed by atoms with Crippen molar-refractivity contribution in [3.8, 4) is 5.75 Å². The molecule has 3 aliphatic rings. The number of benzene rings is 1. The van der Waals surface area contributed by atoms with Crippen LogP contribution in [0, 0.1) is 5.41 Å². The molecule has 33 heavy (non-hydrogen) atoms. The molecule has 0 amide bonds. The number of ether oxygens (including phenoxy) is 1. The van der Waals surface area contributed by atoms with Gasteiger partial charge in [0.05, 0.1) is 18.3 Å². The average molecular weight is 449 g/mol. The summed E-state index contributed by atoms with van der Waals surface area (Å²) in [4.78, 5) is 14.7. The third-order valence-electron chi connectivity index (χ3n) is 7.08. The number of pyridine rings is 1. The fraction of sp³-hybridized carbons (Fsp3) is 0.538. The van der Waals surface area contributed by atoms with Gasteiger partial charge in [0.25, 0.3) is 0 Å². The van der Waals surface area contributed by atoms with Gasteiger partial charge in [-0.25, -0.2) is 4.98 Å². The van der Waals surface area contributed by atoms with Crippen molar-refractivity contribution in [3.63, 3.8) is 0 Å². The van der Waals surface area contributed by atoms with Gasteiger partial charge in [0, 0.05) is 80.0 Å². The minimum Gasteiger partial charge on any atom is -0.497 e. The molecule has 5 rings (SSSR count). The molecule has 0 bridgehead atoms. The van der Waals surface area contributed by atoms with E-state index in [0.717, 1.165) is 79.3 Å². The number of hydrogen-bond acceptors (Lipinski definition) is 7. The molecule has 1 atom stereocenters. The zero-order valence-electron chi connectivity index (χ0n) is 20.1. The van der Waals surface area contributed by atoms with Gasteiger partial charge >= 0.3 is 0 Å². The molecule has 2 N–H and O–H groups in total. The van der Waals surface area contributed by atoms with Crippen LogP contribution in [0.15, 0.2) is 35.3 Å². The third-order valence-corrected chi connectivity index (χ3v) is 7.08. The largest absolute Gasteiger partial charge is 0.497 e. The number of dihydropyridines is 1. The Balaban J connectivity index is 1.40. The van der Waals surface area contributed by atoms with Crippen LogP contribution in [-0.2, 0) is 0 Å². The lowest BCUT2D eigenvalue weighted by Gasteiger charge is -2.33. The molecular weight excluding hydrogens is 412 g/mol. The van der Waals surface area contributed by atoms with Crippen LogP contribution in [0.2, 0.25) is 0 Å². The Kier molecular flexibility index (Phi) is 6.36. The monoisotopic (exact) mass is 448 g/mol. The van der Waals surface area contributed by atoms with Crippen molar-refractivity contribution < 1.29 is 4.74 Å². The molecule has 2 aliphatic heterocycles. The van der Waals surface area contributed by atoms with Gasteiger partial charge in [-0.3, -0.25) is 9.89 Å². The number of anilines is 1. The van der Waals surface area contributed by atoms with Gasteiger partial charge in [0.1, 0.15) is 11.9 Å². The first-order valence-corrected chi connectivity index (χ1v) is 12.1. The molecule has 7 heteroatoms. The average Bonchev–Trinajstić information content (AvgIpc) is 3.61. The van der Waals surface area contributed by atoms with Crippen molar-refractivity contribution in [3.05, 3.63) is 36.0 Å². The molecule has 0 radical (unpaired) electrons. The van der Waals surface area contributed by atoms with E-state index in [1.165, 1.54) is 12.8 Å². The minimum absolute atomic E-state index is 0.245. The van der Waals surface area contributed by atoms with Crippen LogP contribution in [-0.4, -0.2) is 87.6 Å². The fourth-order valence-corrected chi connectivity index (χ4v) is 5.06. The number of piperazine rings is 1. The normalized spacial score (nSPS) is 22.4. The summed E-state index contributed by atoms with van der Waals surface area (Å²) in [5, 5.41) is 8.33. The number of nitrogens with one attached hydrogen (secondary N) is 2. The van der Waals surface area contributed by atoms with Crippen molar-refractivity contribution in [2.75, 3.05) is 65.8 Å². The molecule has 7 nitrogen and oxygen atoms in total. The SMILES string of the molecule is COc1ccc2c(NCC3(CN(C)C)CC3)cc(C3=CCC(N4CCNCC4)N=C3)nc2c1. The molecule has 1 aromatic heterocycles. The Hall–Kier alpha value is -2.48. The van der Waals surface area contributed by atoms with Gasteiger partial charge in [-0.2, -0.15) is 0 Å². The second-order valence-electron chi connectivity index (χ2n) is 9.97. The van der Waals surface area contributed by atoms with E-state index in [4.69, 9.17) is 14.7 Å². The smallest absolute Gasteiger partial charge is 0.121 e. The highest BCUT2D eigenvalue weighted by Crippen LogP contribution is 2.46. The standard InChI is InChI=1S/C26H36N6O/c1-31(2)18-26(8-9-26)17-29-23-15-22(30-24-14-20(33-3)5-6-21(23)24)19-4-7-25(28-16-19)32-12-10-27-11-13-32/h4-6,14-16,25,27H,7-13,17-18H2,1-3H3,(H,29,30). The zero-order valence-corrected chi connectivity index (χ0v) is 20.1. The highest BCUT2D eigenvalue weighted by molar-refractivity contribution is 6.11. The highest BCUT2D eigenvalue weighted by Gasteiger charge is 2.42. The van der Waals surface area contributed by atoms with E-state index in [1.807, 2.05) is 18.3 Å². The molecule has 176 valence electrons. The predicted molar refractivity (Wildman–Crippen MR) is 136 cm³/mol. The van der Waals surface area contributed by atoms with Crippen LogP contribution in [0.1, 0.15) is 25.0 Å². The van der Waals surface area contributed by atoms with Gasteiger partial charge in [0.15, 0.2) is 0 Å². The quantitative estimate of drug-likeness (QED) is 0.647. The molecule has 1 unspecified atom stereocenters. The zero-order chi connectivity index (χ0) is 22.8. The van der Waals surface area contributed by atoms with Crippen LogP contribution in [0.5, 0.6) is 5.75 Å². The maximum Gasteiger partial charge on any atom is 0.121 e. The van der Waals surface area contributed by atoms with Gasteiger partial charge in [-0.05, 0) is 45.1 Å². The first-order chi connectivity index (χ1) is 16.0. The molecule has 1 aromatic carbocycles. The number of allylic oxidation sites excluding steroid dienone is 1. The topological polar surface area (TPSA) is 65.0 Å². The summed E-state index contributed by atoms with van der Waals surface area (Å²) < 4.78 is 5.48. The van der Waals surface area contributed by atoms with Gasteiger partial charge in [0.2, 0.25) is 0 Å². The Morgan fingerprint density at radius 1 is 1.21 bits per heavy atom. The van der Waals surface area contributed by atoms with Crippen molar-refractivity contribution in [1.29, 1.82) is 0 Å². The summed E-state index contributed by atoms with van der Waals surface area (Å²) in [6.07, 6.45) is 8.06. The summed E-state index contributed by atoms with van der Waals surface area (Å²) in [5.74, 6) is 0.828. The summed E-state index contributed by atoms with van der Waals surface area (Å²) in [5.41, 5.74) is 4.54. The number of hydrogen-bond donors (Lipinski definition) is 2. The van der Waals surface area contributed by atoms with E-state index in [-0.39, 0.29) is 6.17 Å². The van der Waals surface area contributed by atoms with Crippen molar-refractivity contribution >= 4 is 28.4 Å². The summed E-state index contributed by atoms with van der Waals surface area (Å²) in [6, 6.07) is 8.36. The van der Waals surface area contributed by atoms with Crippen LogP contribution >= 0.6 is 0 Å². The molecule has 2 aromatic rings. The van der Waals surface area contributed by atoms with Gasteiger partial charge < -0.3 is 20.3 Å². The molecule has 2 fully saturated rings. The number of rotatable bonds is 8. The van der Waals surface area contributed by atoms with E-state index in [9.17, 15) is 0 Å². The molecule has 1 saturated heterocycles. The van der Waals surface area contributed by atoms with Crippen LogP contribution in [0.4, 0.5) is 5.69 Å². The van der Waals surface area contributed by atoms with Crippen molar-refractivity contribution in [2.24, 2.45) is 10.4 Å². The maximum atomic E-state index is 5.48. The highest BCUT2D eigenvalue weighted by atomic mass is 16.5. The number of nitrogens with zero attached hydrogens (tertiary/aromatic N) is 4. The lowest BCUT2D eigenvalue weighted by Crippen LogP contribution is -2.48.